The first-order valence-corrected chi connectivity index (χ1v) is 9.93. The SMILES string of the molecule is COc1ccc(C(=O)NCCN2CCN(C(=O)C3(C#N)CCCC3)CC2)cc1. The molecule has 0 bridgehead atoms. The Morgan fingerprint density at radius 1 is 1.14 bits per heavy atom. The van der Waals surface area contributed by atoms with Gasteiger partial charge in [0.1, 0.15) is 11.2 Å². The molecule has 150 valence electrons. The maximum absolute atomic E-state index is 12.8. The first-order chi connectivity index (χ1) is 13.6. The van der Waals surface area contributed by atoms with Crippen LogP contribution in [-0.4, -0.2) is 68.0 Å². The van der Waals surface area contributed by atoms with E-state index in [1.54, 1.807) is 31.4 Å². The van der Waals surface area contributed by atoms with Crippen molar-refractivity contribution in [1.82, 2.24) is 15.1 Å². The lowest BCUT2D eigenvalue weighted by atomic mass is 9.86. The molecule has 7 heteroatoms. The number of hydrogen-bond donors (Lipinski definition) is 1. The van der Waals surface area contributed by atoms with Gasteiger partial charge in [0.05, 0.1) is 13.2 Å². The molecule has 0 spiro atoms. The Hall–Kier alpha value is -2.59. The summed E-state index contributed by atoms with van der Waals surface area (Å²) in [5.41, 5.74) is -0.177. The van der Waals surface area contributed by atoms with Crippen LogP contribution in [-0.2, 0) is 4.79 Å². The summed E-state index contributed by atoms with van der Waals surface area (Å²) in [6, 6.07) is 9.32. The quantitative estimate of drug-likeness (QED) is 0.806. The van der Waals surface area contributed by atoms with E-state index in [0.717, 1.165) is 38.2 Å². The monoisotopic (exact) mass is 384 g/mol. The van der Waals surface area contributed by atoms with Gasteiger partial charge in [-0.25, -0.2) is 0 Å². The normalized spacial score (nSPS) is 19.1. The van der Waals surface area contributed by atoms with Gasteiger partial charge in [-0.05, 0) is 37.1 Å². The standard InChI is InChI=1S/C21H28N4O3/c1-28-18-6-4-17(5-7-18)19(26)23-10-11-24-12-14-25(15-13-24)20(27)21(16-22)8-2-3-9-21/h4-7H,2-3,8-15H2,1H3,(H,23,26). The number of piperazine rings is 1. The van der Waals surface area contributed by atoms with Crippen LogP contribution in [0.25, 0.3) is 0 Å². The first-order valence-electron chi connectivity index (χ1n) is 9.93. The number of amides is 2. The van der Waals surface area contributed by atoms with Crippen molar-refractivity contribution in [2.75, 3.05) is 46.4 Å². The van der Waals surface area contributed by atoms with Crippen LogP contribution < -0.4 is 10.1 Å². The third-order valence-electron chi connectivity index (χ3n) is 5.81. The highest BCUT2D eigenvalue weighted by Gasteiger charge is 2.44. The summed E-state index contributed by atoms with van der Waals surface area (Å²) in [7, 11) is 1.59. The highest BCUT2D eigenvalue weighted by molar-refractivity contribution is 5.94. The van der Waals surface area contributed by atoms with Gasteiger partial charge in [-0.2, -0.15) is 5.26 Å². The summed E-state index contributed by atoms with van der Waals surface area (Å²) in [6.45, 7) is 4.13. The minimum atomic E-state index is -0.783. The number of hydrogen-bond acceptors (Lipinski definition) is 5. The van der Waals surface area contributed by atoms with E-state index in [1.807, 2.05) is 4.90 Å². The van der Waals surface area contributed by atoms with E-state index in [0.29, 0.717) is 38.0 Å². The molecule has 0 aromatic heterocycles. The zero-order valence-corrected chi connectivity index (χ0v) is 16.4. The molecule has 1 N–H and O–H groups in total. The molecule has 0 radical (unpaired) electrons. The van der Waals surface area contributed by atoms with Crippen molar-refractivity contribution < 1.29 is 14.3 Å². The van der Waals surface area contributed by atoms with Crippen LogP contribution in [0.5, 0.6) is 5.75 Å². The van der Waals surface area contributed by atoms with Crippen molar-refractivity contribution in [2.24, 2.45) is 5.41 Å². The zero-order valence-electron chi connectivity index (χ0n) is 16.4. The van der Waals surface area contributed by atoms with E-state index < -0.39 is 5.41 Å². The van der Waals surface area contributed by atoms with Crippen molar-refractivity contribution in [3.05, 3.63) is 29.8 Å². The fourth-order valence-electron chi connectivity index (χ4n) is 4.00. The Kier molecular flexibility index (Phi) is 6.53. The summed E-state index contributed by atoms with van der Waals surface area (Å²) in [6.07, 6.45) is 3.32. The fraction of sp³-hybridized carbons (Fsp3) is 0.571. The maximum Gasteiger partial charge on any atom is 0.251 e. The third-order valence-corrected chi connectivity index (χ3v) is 5.81. The molecule has 1 saturated heterocycles. The first kappa shape index (κ1) is 20.2. The molecule has 1 aliphatic heterocycles. The minimum absolute atomic E-state index is 0.0139. The van der Waals surface area contributed by atoms with Crippen LogP contribution in [0.2, 0.25) is 0 Å². The van der Waals surface area contributed by atoms with Gasteiger partial charge in [0.2, 0.25) is 5.91 Å². The molecule has 0 unspecified atom stereocenters. The Labute approximate surface area is 166 Å². The predicted octanol–water partition coefficient (Wildman–Crippen LogP) is 1.65. The van der Waals surface area contributed by atoms with Crippen LogP contribution in [0.1, 0.15) is 36.0 Å². The number of ether oxygens (including phenoxy) is 1. The Morgan fingerprint density at radius 2 is 1.79 bits per heavy atom. The number of methoxy groups -OCH3 is 1. The van der Waals surface area contributed by atoms with Gasteiger partial charge in [-0.1, -0.05) is 12.8 Å². The number of rotatable bonds is 6. The van der Waals surface area contributed by atoms with Gasteiger partial charge in [0.25, 0.3) is 5.91 Å². The second-order valence-corrected chi connectivity index (χ2v) is 7.52. The molecule has 1 heterocycles. The molecule has 7 nitrogen and oxygen atoms in total. The maximum atomic E-state index is 12.8. The summed E-state index contributed by atoms with van der Waals surface area (Å²) in [4.78, 5) is 29.1. The molecule has 0 atom stereocenters. The van der Waals surface area contributed by atoms with Gasteiger partial charge in [-0.15, -0.1) is 0 Å². The van der Waals surface area contributed by atoms with E-state index in [2.05, 4.69) is 16.3 Å². The lowest BCUT2D eigenvalue weighted by Crippen LogP contribution is -2.53. The summed E-state index contributed by atoms with van der Waals surface area (Å²) < 4.78 is 5.10. The summed E-state index contributed by atoms with van der Waals surface area (Å²) in [5.74, 6) is 0.633. The summed E-state index contributed by atoms with van der Waals surface area (Å²) in [5, 5.41) is 12.4. The van der Waals surface area contributed by atoms with Crippen LogP contribution in [0, 0.1) is 16.7 Å². The molecule has 28 heavy (non-hydrogen) atoms. The predicted molar refractivity (Wildman–Crippen MR) is 105 cm³/mol. The smallest absolute Gasteiger partial charge is 0.251 e. The van der Waals surface area contributed by atoms with Crippen LogP contribution in [0.15, 0.2) is 24.3 Å². The molecule has 1 saturated carbocycles. The molecular weight excluding hydrogens is 356 g/mol. The van der Waals surface area contributed by atoms with Crippen molar-refractivity contribution in [3.63, 3.8) is 0 Å². The second kappa shape index (κ2) is 9.07. The molecule has 1 aromatic carbocycles. The number of nitrogens with zero attached hydrogens (tertiary/aromatic N) is 3. The highest BCUT2D eigenvalue weighted by atomic mass is 16.5. The van der Waals surface area contributed by atoms with Gasteiger partial charge in [0.15, 0.2) is 0 Å². The van der Waals surface area contributed by atoms with Crippen molar-refractivity contribution >= 4 is 11.8 Å². The van der Waals surface area contributed by atoms with E-state index >= 15 is 0 Å². The molecule has 1 aromatic rings. The topological polar surface area (TPSA) is 85.7 Å². The Balaban J connectivity index is 1.40. The number of benzene rings is 1. The fourth-order valence-corrected chi connectivity index (χ4v) is 4.00. The number of nitriles is 1. The van der Waals surface area contributed by atoms with Crippen LogP contribution in [0.3, 0.4) is 0 Å². The summed E-state index contributed by atoms with van der Waals surface area (Å²) >= 11 is 0. The van der Waals surface area contributed by atoms with Crippen molar-refractivity contribution in [3.8, 4) is 11.8 Å². The zero-order chi connectivity index (χ0) is 20.0. The van der Waals surface area contributed by atoms with E-state index in [4.69, 9.17) is 4.74 Å². The average Bonchev–Trinajstić information content (AvgIpc) is 3.24. The van der Waals surface area contributed by atoms with E-state index in [9.17, 15) is 14.9 Å². The third kappa shape index (κ3) is 4.45. The van der Waals surface area contributed by atoms with Crippen LogP contribution >= 0.6 is 0 Å². The van der Waals surface area contributed by atoms with Crippen molar-refractivity contribution in [2.45, 2.75) is 25.7 Å². The number of carbonyl (C=O) groups excluding carboxylic acids is 2. The van der Waals surface area contributed by atoms with E-state index in [-0.39, 0.29) is 11.8 Å². The van der Waals surface area contributed by atoms with Gasteiger partial charge in [-0.3, -0.25) is 14.5 Å². The minimum Gasteiger partial charge on any atom is -0.497 e. The molecule has 1 aliphatic carbocycles. The Morgan fingerprint density at radius 3 is 2.36 bits per heavy atom. The van der Waals surface area contributed by atoms with Gasteiger partial charge >= 0.3 is 0 Å². The van der Waals surface area contributed by atoms with Gasteiger partial charge in [0, 0.05) is 44.8 Å². The largest absolute Gasteiger partial charge is 0.497 e. The van der Waals surface area contributed by atoms with Crippen molar-refractivity contribution in [1.29, 1.82) is 5.26 Å². The molecule has 2 aliphatic rings. The lowest BCUT2D eigenvalue weighted by molar-refractivity contribution is -0.140. The molecule has 3 rings (SSSR count). The molecule has 2 amide bonds. The van der Waals surface area contributed by atoms with Crippen LogP contribution in [0.4, 0.5) is 0 Å². The average molecular weight is 384 g/mol. The van der Waals surface area contributed by atoms with E-state index in [1.165, 1.54) is 0 Å². The number of carbonyl (C=O) groups is 2. The Bertz CT molecular complexity index is 727. The molecule has 2 fully saturated rings. The lowest BCUT2D eigenvalue weighted by Gasteiger charge is -2.37. The highest BCUT2D eigenvalue weighted by Crippen LogP contribution is 2.39. The molecular formula is C21H28N4O3. The second-order valence-electron chi connectivity index (χ2n) is 7.52. The number of nitrogens with one attached hydrogen (secondary N) is 1. The van der Waals surface area contributed by atoms with Gasteiger partial charge < -0.3 is 15.0 Å².